The lowest BCUT2D eigenvalue weighted by atomic mass is 10.0. The molecular formula is C19H22N4O2. The van der Waals surface area contributed by atoms with Gasteiger partial charge in [-0.1, -0.05) is 12.1 Å². The van der Waals surface area contributed by atoms with Crippen LogP contribution in [0.15, 0.2) is 24.3 Å². The summed E-state index contributed by atoms with van der Waals surface area (Å²) in [7, 11) is 0. The molecular weight excluding hydrogens is 316 g/mol. The van der Waals surface area contributed by atoms with E-state index in [0.29, 0.717) is 5.56 Å². The number of carbonyl (C=O) groups is 1. The number of aromatic nitrogens is 2. The van der Waals surface area contributed by atoms with Gasteiger partial charge in [-0.2, -0.15) is 0 Å². The van der Waals surface area contributed by atoms with Crippen LogP contribution in [0, 0.1) is 0 Å². The predicted octanol–water partition coefficient (Wildman–Crippen LogP) is 1.56. The van der Waals surface area contributed by atoms with E-state index < -0.39 is 0 Å². The molecule has 4 rings (SSSR count). The Morgan fingerprint density at radius 3 is 2.84 bits per heavy atom. The van der Waals surface area contributed by atoms with Gasteiger partial charge in [-0.05, 0) is 37.8 Å². The van der Waals surface area contributed by atoms with E-state index in [-0.39, 0.29) is 19.1 Å². The fourth-order valence-electron chi connectivity index (χ4n) is 3.40. The summed E-state index contributed by atoms with van der Waals surface area (Å²) in [5, 5.41) is 11.6. The number of aliphatic hydroxyl groups excluding tert-OH is 1. The zero-order valence-corrected chi connectivity index (χ0v) is 14.2. The number of hydrogen-bond donors (Lipinski definition) is 2. The van der Waals surface area contributed by atoms with Crippen LogP contribution in [0.3, 0.4) is 0 Å². The summed E-state index contributed by atoms with van der Waals surface area (Å²) < 4.78 is 0. The minimum Gasteiger partial charge on any atom is -0.395 e. The van der Waals surface area contributed by atoms with Gasteiger partial charge in [0.25, 0.3) is 5.91 Å². The molecule has 2 aliphatic rings. The van der Waals surface area contributed by atoms with Gasteiger partial charge in [0.05, 0.1) is 12.3 Å². The number of nitrogens with zero attached hydrogens (tertiary/aromatic N) is 3. The van der Waals surface area contributed by atoms with Crippen LogP contribution in [-0.4, -0.2) is 47.2 Å². The zero-order valence-electron chi connectivity index (χ0n) is 14.2. The molecule has 1 saturated heterocycles. The van der Waals surface area contributed by atoms with Crippen molar-refractivity contribution >= 4 is 11.9 Å². The van der Waals surface area contributed by atoms with Crippen LogP contribution in [0.4, 0.5) is 5.95 Å². The van der Waals surface area contributed by atoms with Crippen molar-refractivity contribution in [2.45, 2.75) is 25.7 Å². The fourth-order valence-corrected chi connectivity index (χ4v) is 3.40. The maximum atomic E-state index is 12.2. The van der Waals surface area contributed by atoms with Crippen molar-refractivity contribution in [3.05, 3.63) is 41.1 Å². The van der Waals surface area contributed by atoms with E-state index in [2.05, 4.69) is 10.2 Å². The standard InChI is InChI=1S/C19H22N4O2/c24-11-8-20-18(25)14-5-1-4-13(12-14)17-15-6-2-7-16(15)21-19(22-17)23-9-3-10-23/h1,4-5,12,24H,2-3,6-11H2,(H,20,25). The highest BCUT2D eigenvalue weighted by molar-refractivity contribution is 5.95. The summed E-state index contributed by atoms with van der Waals surface area (Å²) >= 11 is 0. The molecule has 1 aromatic carbocycles. The number of rotatable bonds is 5. The molecule has 6 nitrogen and oxygen atoms in total. The number of aliphatic hydroxyl groups is 1. The molecule has 0 radical (unpaired) electrons. The highest BCUT2D eigenvalue weighted by Gasteiger charge is 2.24. The minimum absolute atomic E-state index is 0.0654. The summed E-state index contributed by atoms with van der Waals surface area (Å²) in [6.07, 6.45) is 4.29. The Hall–Kier alpha value is -2.47. The van der Waals surface area contributed by atoms with Gasteiger partial charge in [0, 0.05) is 42.0 Å². The molecule has 6 heteroatoms. The van der Waals surface area contributed by atoms with Gasteiger partial charge >= 0.3 is 0 Å². The van der Waals surface area contributed by atoms with Crippen molar-refractivity contribution in [1.29, 1.82) is 0 Å². The van der Waals surface area contributed by atoms with Crippen molar-refractivity contribution in [3.8, 4) is 11.3 Å². The largest absolute Gasteiger partial charge is 0.395 e. The quantitative estimate of drug-likeness (QED) is 0.865. The fraction of sp³-hybridized carbons (Fsp3) is 0.421. The lowest BCUT2D eigenvalue weighted by Crippen LogP contribution is -2.38. The van der Waals surface area contributed by atoms with E-state index in [1.165, 1.54) is 12.0 Å². The molecule has 130 valence electrons. The number of amides is 1. The monoisotopic (exact) mass is 338 g/mol. The lowest BCUT2D eigenvalue weighted by molar-refractivity contribution is 0.0945. The number of benzene rings is 1. The third-order valence-corrected chi connectivity index (χ3v) is 4.86. The van der Waals surface area contributed by atoms with Crippen molar-refractivity contribution in [1.82, 2.24) is 15.3 Å². The third-order valence-electron chi connectivity index (χ3n) is 4.86. The number of anilines is 1. The first kappa shape index (κ1) is 16.0. The van der Waals surface area contributed by atoms with E-state index >= 15 is 0 Å². The number of nitrogens with one attached hydrogen (secondary N) is 1. The highest BCUT2D eigenvalue weighted by Crippen LogP contribution is 2.33. The smallest absolute Gasteiger partial charge is 0.251 e. The van der Waals surface area contributed by atoms with E-state index in [1.807, 2.05) is 18.2 Å². The van der Waals surface area contributed by atoms with E-state index in [4.69, 9.17) is 15.1 Å². The van der Waals surface area contributed by atoms with Gasteiger partial charge in [-0.15, -0.1) is 0 Å². The summed E-state index contributed by atoms with van der Waals surface area (Å²) in [4.78, 5) is 24.0. The summed E-state index contributed by atoms with van der Waals surface area (Å²) in [5.74, 6) is 0.640. The van der Waals surface area contributed by atoms with Gasteiger partial charge in [0.2, 0.25) is 5.95 Å². The predicted molar refractivity (Wildman–Crippen MR) is 95.7 cm³/mol. The van der Waals surface area contributed by atoms with Crippen LogP contribution < -0.4 is 10.2 Å². The number of carbonyl (C=O) groups excluding carboxylic acids is 1. The molecule has 25 heavy (non-hydrogen) atoms. The Morgan fingerprint density at radius 1 is 1.20 bits per heavy atom. The van der Waals surface area contributed by atoms with Crippen LogP contribution in [0.2, 0.25) is 0 Å². The van der Waals surface area contributed by atoms with Crippen molar-refractivity contribution < 1.29 is 9.90 Å². The van der Waals surface area contributed by atoms with Crippen LogP contribution in [0.1, 0.15) is 34.5 Å². The van der Waals surface area contributed by atoms with Crippen molar-refractivity contribution in [2.75, 3.05) is 31.1 Å². The average Bonchev–Trinajstić information content (AvgIpc) is 3.06. The number of aryl methyl sites for hydroxylation is 1. The Labute approximate surface area is 146 Å². The maximum absolute atomic E-state index is 12.2. The van der Waals surface area contributed by atoms with E-state index in [0.717, 1.165) is 55.3 Å². The Morgan fingerprint density at radius 2 is 2.08 bits per heavy atom. The molecule has 2 aromatic rings. The summed E-state index contributed by atoms with van der Waals surface area (Å²) in [6.45, 7) is 2.22. The third kappa shape index (κ3) is 3.09. The summed E-state index contributed by atoms with van der Waals surface area (Å²) in [5.41, 5.74) is 4.88. The van der Waals surface area contributed by atoms with Crippen molar-refractivity contribution in [2.24, 2.45) is 0 Å². The first-order chi connectivity index (χ1) is 12.3. The molecule has 1 fully saturated rings. The molecule has 1 aliphatic heterocycles. The number of fused-ring (bicyclic) bond motifs is 1. The molecule has 0 spiro atoms. The molecule has 1 aliphatic carbocycles. The van der Waals surface area contributed by atoms with Crippen LogP contribution in [0.5, 0.6) is 0 Å². The topological polar surface area (TPSA) is 78.3 Å². The van der Waals surface area contributed by atoms with Crippen molar-refractivity contribution in [3.63, 3.8) is 0 Å². The van der Waals surface area contributed by atoms with Crippen LogP contribution >= 0.6 is 0 Å². The SMILES string of the molecule is O=C(NCCO)c1cccc(-c2nc(N3CCC3)nc3c2CCC3)c1. The minimum atomic E-state index is -0.176. The second-order valence-electron chi connectivity index (χ2n) is 6.55. The van der Waals surface area contributed by atoms with Crippen LogP contribution in [-0.2, 0) is 12.8 Å². The Balaban J connectivity index is 1.71. The average molecular weight is 338 g/mol. The van der Waals surface area contributed by atoms with Gasteiger partial charge in [-0.25, -0.2) is 9.97 Å². The van der Waals surface area contributed by atoms with E-state index in [1.54, 1.807) is 6.07 Å². The maximum Gasteiger partial charge on any atom is 0.251 e. The summed E-state index contributed by atoms with van der Waals surface area (Å²) in [6, 6.07) is 7.56. The first-order valence-electron chi connectivity index (χ1n) is 8.90. The molecule has 2 N–H and O–H groups in total. The van der Waals surface area contributed by atoms with Gasteiger partial charge in [0.1, 0.15) is 0 Å². The molecule has 0 unspecified atom stereocenters. The number of hydrogen-bond acceptors (Lipinski definition) is 5. The lowest BCUT2D eigenvalue weighted by Gasteiger charge is -2.31. The molecule has 1 amide bonds. The molecule has 0 bridgehead atoms. The molecule has 0 saturated carbocycles. The van der Waals surface area contributed by atoms with Gasteiger partial charge in [0.15, 0.2) is 0 Å². The first-order valence-corrected chi connectivity index (χ1v) is 8.90. The normalized spacial score (nSPS) is 15.6. The highest BCUT2D eigenvalue weighted by atomic mass is 16.3. The Bertz CT molecular complexity index is 802. The zero-order chi connectivity index (χ0) is 17.2. The van der Waals surface area contributed by atoms with Crippen LogP contribution in [0.25, 0.3) is 11.3 Å². The van der Waals surface area contributed by atoms with E-state index in [9.17, 15) is 4.79 Å². The second-order valence-corrected chi connectivity index (χ2v) is 6.55. The van der Waals surface area contributed by atoms with Gasteiger partial charge < -0.3 is 15.3 Å². The molecule has 0 atom stereocenters. The second kappa shape index (κ2) is 6.80. The molecule has 2 heterocycles. The molecule has 1 aromatic heterocycles. The Kier molecular flexibility index (Phi) is 4.36. The van der Waals surface area contributed by atoms with Gasteiger partial charge in [-0.3, -0.25) is 4.79 Å².